The molecule has 2 aromatic rings. The van der Waals surface area contributed by atoms with Crippen molar-refractivity contribution >= 4 is 5.96 Å². The second-order valence-corrected chi connectivity index (χ2v) is 7.53. The number of guanidine groups is 1. The Bertz CT molecular complexity index is 734. The molecule has 1 aliphatic rings. The Labute approximate surface area is 163 Å². The predicted molar refractivity (Wildman–Crippen MR) is 112 cm³/mol. The molecule has 1 aliphatic heterocycles. The highest BCUT2D eigenvalue weighted by Gasteiger charge is 2.24. The van der Waals surface area contributed by atoms with E-state index in [1.165, 1.54) is 17.7 Å². The first-order valence-corrected chi connectivity index (χ1v) is 10.2. The van der Waals surface area contributed by atoms with E-state index in [-0.39, 0.29) is 0 Å². The van der Waals surface area contributed by atoms with Gasteiger partial charge in [-0.3, -0.25) is 9.67 Å². The molecule has 3 rings (SSSR count). The quantitative estimate of drug-likeness (QED) is 0.463. The van der Waals surface area contributed by atoms with Crippen LogP contribution >= 0.6 is 0 Å². The van der Waals surface area contributed by atoms with Crippen molar-refractivity contribution < 1.29 is 0 Å². The summed E-state index contributed by atoms with van der Waals surface area (Å²) >= 11 is 0. The van der Waals surface area contributed by atoms with Crippen LogP contribution in [0, 0.1) is 19.8 Å². The van der Waals surface area contributed by atoms with Crippen molar-refractivity contribution in [1.29, 1.82) is 0 Å². The van der Waals surface area contributed by atoms with E-state index in [0.717, 1.165) is 57.2 Å². The van der Waals surface area contributed by atoms with Gasteiger partial charge in [0.25, 0.3) is 0 Å². The average molecular weight is 368 g/mol. The lowest BCUT2D eigenvalue weighted by atomic mass is 9.99. The van der Waals surface area contributed by atoms with E-state index in [4.69, 9.17) is 4.99 Å². The van der Waals surface area contributed by atoms with Crippen molar-refractivity contribution in [1.82, 2.24) is 20.0 Å². The summed E-state index contributed by atoms with van der Waals surface area (Å²) in [6, 6.07) is 13.0. The highest BCUT2D eigenvalue weighted by atomic mass is 15.3. The number of rotatable bonds is 7. The first-order chi connectivity index (χ1) is 13.2. The SMILES string of the molecule is CCNC(=NCCCn1nc(C)cc1C)N1CCC(Cc2ccccc2)C1. The molecule has 1 aromatic carbocycles. The lowest BCUT2D eigenvalue weighted by Gasteiger charge is -2.21. The van der Waals surface area contributed by atoms with Crippen molar-refractivity contribution in [2.75, 3.05) is 26.2 Å². The van der Waals surface area contributed by atoms with E-state index >= 15 is 0 Å². The van der Waals surface area contributed by atoms with Crippen molar-refractivity contribution in [2.45, 2.75) is 46.6 Å². The van der Waals surface area contributed by atoms with Crippen LogP contribution in [0.3, 0.4) is 0 Å². The second kappa shape index (κ2) is 9.58. The van der Waals surface area contributed by atoms with Gasteiger partial charge in [0.1, 0.15) is 0 Å². The molecular formula is C22H33N5. The number of nitrogens with zero attached hydrogens (tertiary/aromatic N) is 4. The molecule has 2 heterocycles. The zero-order valence-electron chi connectivity index (χ0n) is 17.0. The Hall–Kier alpha value is -2.30. The molecule has 0 radical (unpaired) electrons. The Kier molecular flexibility index (Phi) is 6.91. The second-order valence-electron chi connectivity index (χ2n) is 7.53. The third-order valence-corrected chi connectivity index (χ3v) is 5.18. The summed E-state index contributed by atoms with van der Waals surface area (Å²) in [4.78, 5) is 7.31. The van der Waals surface area contributed by atoms with Gasteiger partial charge in [0.2, 0.25) is 0 Å². The van der Waals surface area contributed by atoms with Crippen LogP contribution in [0.5, 0.6) is 0 Å². The largest absolute Gasteiger partial charge is 0.357 e. The normalized spacial score (nSPS) is 17.5. The van der Waals surface area contributed by atoms with Crippen molar-refractivity contribution in [2.24, 2.45) is 10.9 Å². The van der Waals surface area contributed by atoms with Crippen LogP contribution < -0.4 is 5.32 Å². The number of likely N-dealkylation sites (tertiary alicyclic amines) is 1. The van der Waals surface area contributed by atoms with Gasteiger partial charge in [-0.1, -0.05) is 30.3 Å². The molecule has 5 nitrogen and oxygen atoms in total. The lowest BCUT2D eigenvalue weighted by molar-refractivity contribution is 0.458. The van der Waals surface area contributed by atoms with Crippen LogP contribution in [0.4, 0.5) is 0 Å². The number of hydrogen-bond donors (Lipinski definition) is 1. The Balaban J connectivity index is 1.50. The summed E-state index contributed by atoms with van der Waals surface area (Å²) in [7, 11) is 0. The molecule has 1 saturated heterocycles. The number of nitrogens with one attached hydrogen (secondary N) is 1. The Morgan fingerprint density at radius 3 is 2.78 bits per heavy atom. The third kappa shape index (κ3) is 5.59. The van der Waals surface area contributed by atoms with E-state index < -0.39 is 0 Å². The summed E-state index contributed by atoms with van der Waals surface area (Å²) in [6.45, 7) is 11.2. The molecular weight excluding hydrogens is 334 g/mol. The summed E-state index contributed by atoms with van der Waals surface area (Å²) in [5, 5.41) is 8.01. The van der Waals surface area contributed by atoms with E-state index in [1.807, 2.05) is 6.92 Å². The molecule has 1 aromatic heterocycles. The first kappa shape index (κ1) is 19.5. The Morgan fingerprint density at radius 2 is 2.07 bits per heavy atom. The van der Waals surface area contributed by atoms with Gasteiger partial charge in [-0.2, -0.15) is 5.10 Å². The van der Waals surface area contributed by atoms with Crippen LogP contribution in [-0.2, 0) is 13.0 Å². The van der Waals surface area contributed by atoms with Crippen LogP contribution in [0.2, 0.25) is 0 Å². The fourth-order valence-electron chi connectivity index (χ4n) is 3.87. The van der Waals surface area contributed by atoms with Crippen LogP contribution in [-0.4, -0.2) is 46.8 Å². The van der Waals surface area contributed by atoms with E-state index in [0.29, 0.717) is 5.92 Å². The molecule has 27 heavy (non-hydrogen) atoms. The average Bonchev–Trinajstić information content (AvgIpc) is 3.24. The number of aliphatic imine (C=N–C) groups is 1. The van der Waals surface area contributed by atoms with Crippen LogP contribution in [0.25, 0.3) is 0 Å². The topological polar surface area (TPSA) is 45.5 Å². The highest BCUT2D eigenvalue weighted by molar-refractivity contribution is 5.80. The molecule has 0 aliphatic carbocycles. The Morgan fingerprint density at radius 1 is 1.26 bits per heavy atom. The van der Waals surface area contributed by atoms with Gasteiger partial charge in [-0.05, 0) is 57.6 Å². The van der Waals surface area contributed by atoms with Crippen LogP contribution in [0.1, 0.15) is 36.7 Å². The number of benzene rings is 1. The fourth-order valence-corrected chi connectivity index (χ4v) is 3.87. The minimum atomic E-state index is 0.714. The molecule has 0 spiro atoms. The van der Waals surface area contributed by atoms with Crippen molar-refractivity contribution in [3.63, 3.8) is 0 Å². The lowest BCUT2D eigenvalue weighted by Crippen LogP contribution is -2.40. The highest BCUT2D eigenvalue weighted by Crippen LogP contribution is 2.21. The summed E-state index contributed by atoms with van der Waals surface area (Å²) in [5.74, 6) is 1.78. The standard InChI is InChI=1S/C22H33N5/c1-4-23-22(24-12-8-13-27-19(3)15-18(2)25-27)26-14-11-21(17-26)16-20-9-6-5-7-10-20/h5-7,9-10,15,21H,4,8,11-14,16-17H2,1-3H3,(H,23,24). The maximum absolute atomic E-state index is 4.88. The molecule has 0 bridgehead atoms. The number of hydrogen-bond acceptors (Lipinski definition) is 2. The van der Waals surface area contributed by atoms with Crippen LogP contribution in [0.15, 0.2) is 41.4 Å². The molecule has 1 N–H and O–H groups in total. The van der Waals surface area contributed by atoms with E-state index in [1.54, 1.807) is 0 Å². The van der Waals surface area contributed by atoms with Gasteiger partial charge in [-0.25, -0.2) is 0 Å². The smallest absolute Gasteiger partial charge is 0.193 e. The van der Waals surface area contributed by atoms with Gasteiger partial charge >= 0.3 is 0 Å². The van der Waals surface area contributed by atoms with Gasteiger partial charge in [0, 0.05) is 38.4 Å². The van der Waals surface area contributed by atoms with Crippen molar-refractivity contribution in [3.05, 3.63) is 53.3 Å². The van der Waals surface area contributed by atoms with Gasteiger partial charge in [0.15, 0.2) is 5.96 Å². The predicted octanol–water partition coefficient (Wildman–Crippen LogP) is 3.42. The molecule has 0 saturated carbocycles. The molecule has 1 fully saturated rings. The summed E-state index contributed by atoms with van der Waals surface area (Å²) in [6.07, 6.45) is 3.41. The monoisotopic (exact) mass is 367 g/mol. The first-order valence-electron chi connectivity index (χ1n) is 10.2. The van der Waals surface area contributed by atoms with Gasteiger partial charge in [-0.15, -0.1) is 0 Å². The van der Waals surface area contributed by atoms with Gasteiger partial charge < -0.3 is 10.2 Å². The minimum absolute atomic E-state index is 0.714. The number of aromatic nitrogens is 2. The number of aryl methyl sites for hydroxylation is 3. The molecule has 146 valence electrons. The summed E-state index contributed by atoms with van der Waals surface area (Å²) in [5.41, 5.74) is 3.76. The minimum Gasteiger partial charge on any atom is -0.357 e. The maximum atomic E-state index is 4.88. The van der Waals surface area contributed by atoms with E-state index in [9.17, 15) is 0 Å². The molecule has 5 heteroatoms. The fraction of sp³-hybridized carbons (Fsp3) is 0.545. The summed E-state index contributed by atoms with van der Waals surface area (Å²) < 4.78 is 2.09. The zero-order chi connectivity index (χ0) is 19.1. The zero-order valence-corrected chi connectivity index (χ0v) is 17.0. The third-order valence-electron chi connectivity index (χ3n) is 5.18. The van der Waals surface area contributed by atoms with Gasteiger partial charge in [0.05, 0.1) is 5.69 Å². The maximum Gasteiger partial charge on any atom is 0.193 e. The van der Waals surface area contributed by atoms with E-state index in [2.05, 4.69) is 70.2 Å². The van der Waals surface area contributed by atoms with Crippen molar-refractivity contribution in [3.8, 4) is 0 Å². The molecule has 1 atom stereocenters. The molecule has 0 amide bonds. The molecule has 1 unspecified atom stereocenters.